The van der Waals surface area contributed by atoms with Crippen LogP contribution < -0.4 is 30.7 Å². The summed E-state index contributed by atoms with van der Waals surface area (Å²) in [5.41, 5.74) is -0.404. The smallest absolute Gasteiger partial charge is 0.270 e. The predicted molar refractivity (Wildman–Crippen MR) is 128 cm³/mol. The summed E-state index contributed by atoms with van der Waals surface area (Å²) >= 11 is 1.06. The lowest BCUT2D eigenvalue weighted by Gasteiger charge is -2.13. The number of hydrogen-bond donors (Lipinski definition) is 3. The van der Waals surface area contributed by atoms with Crippen LogP contribution in [0.25, 0.3) is 11.8 Å². The number of nitrogens with zero attached hydrogens (tertiary/aromatic N) is 4. The van der Waals surface area contributed by atoms with Crippen molar-refractivity contribution in [1.29, 1.82) is 5.26 Å². The molecule has 0 aromatic carbocycles. The molecule has 0 radical (unpaired) electrons. The van der Waals surface area contributed by atoms with E-state index in [1.165, 1.54) is 10.8 Å². The van der Waals surface area contributed by atoms with Gasteiger partial charge in [0.25, 0.3) is 11.5 Å². The van der Waals surface area contributed by atoms with E-state index < -0.39 is 5.91 Å². The first-order valence-corrected chi connectivity index (χ1v) is 11.7. The third-order valence-electron chi connectivity index (χ3n) is 5.05. The second-order valence-corrected chi connectivity index (χ2v) is 8.43. The highest BCUT2D eigenvalue weighted by molar-refractivity contribution is 7.07. The molecule has 2 amide bonds. The van der Waals surface area contributed by atoms with Crippen LogP contribution in [0.2, 0.25) is 0 Å². The minimum absolute atomic E-state index is 0.0960. The van der Waals surface area contributed by atoms with Gasteiger partial charge in [-0.15, -0.1) is 11.3 Å². The van der Waals surface area contributed by atoms with Gasteiger partial charge in [-0.1, -0.05) is 6.07 Å². The monoisotopic (exact) mass is 469 g/mol. The molecule has 0 unspecified atom stereocenters. The molecule has 0 saturated carbocycles. The van der Waals surface area contributed by atoms with Crippen molar-refractivity contribution in [1.82, 2.24) is 19.8 Å². The Bertz CT molecular complexity index is 1240. The third kappa shape index (κ3) is 6.06. The summed E-state index contributed by atoms with van der Waals surface area (Å²) in [5, 5.41) is 17.8. The maximum Gasteiger partial charge on any atom is 0.270 e. The van der Waals surface area contributed by atoms with E-state index in [1.807, 2.05) is 6.07 Å². The van der Waals surface area contributed by atoms with E-state index in [0.717, 1.165) is 37.3 Å². The van der Waals surface area contributed by atoms with E-state index in [9.17, 15) is 19.6 Å². The molecule has 2 aromatic heterocycles. The molecular weight excluding hydrogens is 442 g/mol. The Kier molecular flexibility index (Phi) is 8.34. The molecule has 1 aliphatic heterocycles. The van der Waals surface area contributed by atoms with Gasteiger partial charge in [-0.25, -0.2) is 4.98 Å². The van der Waals surface area contributed by atoms with Crippen molar-refractivity contribution in [2.75, 3.05) is 36.8 Å². The van der Waals surface area contributed by atoms with Crippen molar-refractivity contribution in [3.63, 3.8) is 0 Å². The van der Waals surface area contributed by atoms with E-state index in [1.54, 1.807) is 32.0 Å². The molecule has 1 fully saturated rings. The number of hydrogen-bond acceptors (Lipinski definition) is 8. The first-order chi connectivity index (χ1) is 16.0. The fourth-order valence-corrected chi connectivity index (χ4v) is 4.57. The van der Waals surface area contributed by atoms with Gasteiger partial charge in [0.05, 0.1) is 6.54 Å². The van der Waals surface area contributed by atoms with Gasteiger partial charge in [-0.2, -0.15) is 5.26 Å². The molecule has 0 bridgehead atoms. The van der Waals surface area contributed by atoms with Gasteiger partial charge in [0.15, 0.2) is 5.57 Å². The van der Waals surface area contributed by atoms with Crippen molar-refractivity contribution >= 4 is 46.6 Å². The first kappa shape index (κ1) is 24.2. The van der Waals surface area contributed by atoms with Crippen LogP contribution in [-0.4, -0.2) is 52.4 Å². The van der Waals surface area contributed by atoms with Crippen molar-refractivity contribution in [2.45, 2.75) is 33.2 Å². The lowest BCUT2D eigenvalue weighted by Crippen LogP contribution is -2.34. The standard InChI is InChI=1S/C22H27N7O3S/c1-3-24-20(31)15(12-23)22-29(4-2)21(32)16(33-22)13-25-17-8-7-9-18(26-17)27-19(30)14-28-10-5-6-11-28/h7-9,13H,3-6,10-11,14H2,1-2H3,(H,24,31)(H2,25,26,27,30)/b16-13+,22-15-. The van der Waals surface area contributed by atoms with Gasteiger partial charge < -0.3 is 16.0 Å². The van der Waals surface area contributed by atoms with Gasteiger partial charge in [0, 0.05) is 19.3 Å². The topological polar surface area (TPSA) is 132 Å². The Balaban J connectivity index is 1.82. The SMILES string of the molecule is CCNC(=O)/C(C#N)=c1\s/c(=C/Nc2cccc(NC(=O)CN3CCCC3)n2)c(=O)n1CC. The molecular formula is C22H27N7O3S. The van der Waals surface area contributed by atoms with Gasteiger partial charge >= 0.3 is 0 Å². The Morgan fingerprint density at radius 3 is 2.64 bits per heavy atom. The highest BCUT2D eigenvalue weighted by atomic mass is 32.1. The first-order valence-electron chi connectivity index (χ1n) is 10.8. The zero-order valence-electron chi connectivity index (χ0n) is 18.7. The summed E-state index contributed by atoms with van der Waals surface area (Å²) in [6.45, 7) is 6.43. The van der Waals surface area contributed by atoms with Crippen molar-refractivity contribution in [2.24, 2.45) is 0 Å². The molecule has 3 rings (SSSR count). The van der Waals surface area contributed by atoms with Gasteiger partial charge in [0.2, 0.25) is 5.91 Å². The maximum atomic E-state index is 12.8. The molecule has 11 heteroatoms. The number of carbonyl (C=O) groups is 2. The Hall–Kier alpha value is -3.49. The number of thiazole rings is 1. The van der Waals surface area contributed by atoms with Crippen LogP contribution in [-0.2, 0) is 16.1 Å². The lowest BCUT2D eigenvalue weighted by molar-refractivity contribution is -0.117. The van der Waals surface area contributed by atoms with Gasteiger partial charge in [-0.05, 0) is 51.9 Å². The van der Waals surface area contributed by atoms with Crippen LogP contribution in [0.15, 0.2) is 23.0 Å². The van der Waals surface area contributed by atoms with E-state index >= 15 is 0 Å². The molecule has 0 aliphatic carbocycles. The number of pyridine rings is 1. The number of nitrogens with one attached hydrogen (secondary N) is 3. The van der Waals surface area contributed by atoms with E-state index in [4.69, 9.17) is 0 Å². The van der Waals surface area contributed by atoms with Crippen molar-refractivity contribution in [3.05, 3.63) is 37.7 Å². The highest BCUT2D eigenvalue weighted by Crippen LogP contribution is 2.10. The van der Waals surface area contributed by atoms with Gasteiger partial charge in [0.1, 0.15) is 26.9 Å². The Morgan fingerprint density at radius 1 is 1.24 bits per heavy atom. The van der Waals surface area contributed by atoms with Crippen molar-refractivity contribution < 1.29 is 9.59 Å². The number of rotatable bonds is 8. The highest BCUT2D eigenvalue weighted by Gasteiger charge is 2.16. The number of aromatic nitrogens is 2. The number of nitriles is 1. The Morgan fingerprint density at radius 2 is 1.97 bits per heavy atom. The molecule has 0 atom stereocenters. The van der Waals surface area contributed by atoms with Crippen molar-refractivity contribution in [3.8, 4) is 6.07 Å². The Labute approximate surface area is 195 Å². The van der Waals surface area contributed by atoms with Crippen LogP contribution >= 0.6 is 11.3 Å². The average Bonchev–Trinajstić information content (AvgIpc) is 3.41. The minimum atomic E-state index is -0.512. The van der Waals surface area contributed by atoms with E-state index in [0.29, 0.717) is 40.5 Å². The van der Waals surface area contributed by atoms with Crippen LogP contribution in [0.4, 0.5) is 11.6 Å². The molecule has 3 heterocycles. The fraction of sp³-hybridized carbons (Fsp3) is 0.409. The summed E-state index contributed by atoms with van der Waals surface area (Å²) in [6, 6.07) is 7.06. The molecule has 33 heavy (non-hydrogen) atoms. The summed E-state index contributed by atoms with van der Waals surface area (Å²) in [6.07, 6.45) is 3.72. The average molecular weight is 470 g/mol. The fourth-order valence-electron chi connectivity index (χ4n) is 3.49. The van der Waals surface area contributed by atoms with Crippen LogP contribution in [0, 0.1) is 11.3 Å². The number of likely N-dealkylation sites (tertiary alicyclic amines) is 1. The second-order valence-electron chi connectivity index (χ2n) is 7.40. The quantitative estimate of drug-likeness (QED) is 0.497. The lowest BCUT2D eigenvalue weighted by atomic mass is 10.3. The normalized spacial score (nSPS) is 15.1. The number of anilines is 2. The van der Waals surface area contributed by atoms with E-state index in [-0.39, 0.29) is 17.0 Å². The zero-order valence-corrected chi connectivity index (χ0v) is 19.5. The molecule has 1 saturated heterocycles. The zero-order chi connectivity index (χ0) is 23.8. The molecule has 2 aromatic rings. The summed E-state index contributed by atoms with van der Waals surface area (Å²) in [7, 11) is 0. The summed E-state index contributed by atoms with van der Waals surface area (Å²) in [4.78, 5) is 43.7. The minimum Gasteiger partial charge on any atom is -0.352 e. The van der Waals surface area contributed by atoms with Gasteiger partial charge in [-0.3, -0.25) is 23.9 Å². The summed E-state index contributed by atoms with van der Waals surface area (Å²) in [5.74, 6) is 0.220. The second kappa shape index (κ2) is 11.4. The van der Waals surface area contributed by atoms with E-state index in [2.05, 4.69) is 25.8 Å². The number of amides is 2. The molecule has 0 spiro atoms. The molecule has 174 valence electrons. The third-order valence-corrected chi connectivity index (χ3v) is 6.18. The van der Waals surface area contributed by atoms with Crippen LogP contribution in [0.3, 0.4) is 0 Å². The predicted octanol–water partition coefficient (Wildman–Crippen LogP) is 0.0195. The van der Waals surface area contributed by atoms with Crippen LogP contribution in [0.5, 0.6) is 0 Å². The molecule has 10 nitrogen and oxygen atoms in total. The molecule has 1 aliphatic rings. The van der Waals surface area contributed by atoms with Crippen LogP contribution in [0.1, 0.15) is 26.7 Å². The summed E-state index contributed by atoms with van der Waals surface area (Å²) < 4.78 is 2.03. The number of carbonyl (C=O) groups excluding carboxylic acids is 2. The maximum absolute atomic E-state index is 12.8. The molecule has 3 N–H and O–H groups in total. The largest absolute Gasteiger partial charge is 0.352 e.